The molecular formula is C52H34N8O4. The van der Waals surface area contributed by atoms with Gasteiger partial charge in [-0.3, -0.25) is 0 Å². The van der Waals surface area contributed by atoms with E-state index in [4.69, 9.17) is 9.47 Å². The number of nitriles is 8. The molecule has 64 heavy (non-hydrogen) atoms. The Morgan fingerprint density at radius 1 is 0.406 bits per heavy atom. The number of methoxy groups -OCH3 is 2. The van der Waals surface area contributed by atoms with E-state index in [9.17, 15) is 51.7 Å². The highest BCUT2D eigenvalue weighted by molar-refractivity contribution is 6.18. The lowest BCUT2D eigenvalue weighted by atomic mass is 9.83. The zero-order chi connectivity index (χ0) is 46.8. The van der Waals surface area contributed by atoms with Crippen LogP contribution in [0.5, 0.6) is 0 Å². The smallest absolute Gasteiger partial charge is 0.338 e. The van der Waals surface area contributed by atoms with Gasteiger partial charge in [0.15, 0.2) is 0 Å². The second-order valence-electron chi connectivity index (χ2n) is 14.7. The average Bonchev–Trinajstić information content (AvgIpc) is 3.62. The van der Waals surface area contributed by atoms with Gasteiger partial charge in [0, 0.05) is 22.3 Å². The number of esters is 2. The Hall–Kier alpha value is -9.56. The largest absolute Gasteiger partial charge is 0.465 e. The van der Waals surface area contributed by atoms with Gasteiger partial charge in [0.05, 0.1) is 25.3 Å². The van der Waals surface area contributed by atoms with Crippen LogP contribution in [0.3, 0.4) is 0 Å². The summed E-state index contributed by atoms with van der Waals surface area (Å²) in [6.45, 7) is 7.87. The van der Waals surface area contributed by atoms with E-state index in [2.05, 4.69) is 0 Å². The Kier molecular flexibility index (Phi) is 14.0. The minimum absolute atomic E-state index is 0.0312. The highest BCUT2D eigenvalue weighted by atomic mass is 16.5. The van der Waals surface area contributed by atoms with Crippen LogP contribution in [0.1, 0.15) is 93.6 Å². The summed E-state index contributed by atoms with van der Waals surface area (Å²) < 4.78 is 10.2. The molecule has 0 saturated heterocycles. The molecule has 0 unspecified atom stereocenters. The van der Waals surface area contributed by atoms with Crippen LogP contribution in [-0.4, -0.2) is 26.2 Å². The lowest BCUT2D eigenvalue weighted by molar-refractivity contribution is 0.0593. The van der Waals surface area contributed by atoms with E-state index in [0.717, 1.165) is 11.1 Å². The van der Waals surface area contributed by atoms with Gasteiger partial charge in [-0.25, -0.2) is 9.59 Å². The number of nitrogens with zero attached hydrogens (tertiary/aromatic N) is 8. The fourth-order valence-electron chi connectivity index (χ4n) is 7.45. The average molecular weight is 835 g/mol. The highest BCUT2D eigenvalue weighted by Crippen LogP contribution is 2.47. The van der Waals surface area contributed by atoms with E-state index in [-0.39, 0.29) is 67.5 Å². The summed E-state index contributed by atoms with van der Waals surface area (Å²) in [4.78, 5) is 26.5. The molecule has 0 amide bonds. The summed E-state index contributed by atoms with van der Waals surface area (Å²) >= 11 is 0. The molecule has 12 nitrogen and oxygen atoms in total. The van der Waals surface area contributed by atoms with Crippen LogP contribution in [0, 0.1) is 90.6 Å². The van der Waals surface area contributed by atoms with Gasteiger partial charge >= 0.3 is 11.9 Å². The van der Waals surface area contributed by atoms with Gasteiger partial charge in [0.25, 0.3) is 0 Å². The molecule has 5 rings (SSSR count). The second-order valence-corrected chi connectivity index (χ2v) is 14.7. The van der Waals surface area contributed by atoms with Gasteiger partial charge in [-0.15, -0.1) is 0 Å². The van der Waals surface area contributed by atoms with Crippen molar-refractivity contribution < 1.29 is 19.1 Å². The van der Waals surface area contributed by atoms with Gasteiger partial charge in [-0.05, 0) is 79.6 Å². The van der Waals surface area contributed by atoms with Gasteiger partial charge in [-0.2, -0.15) is 42.1 Å². The van der Waals surface area contributed by atoms with E-state index in [0.29, 0.717) is 22.3 Å². The fourth-order valence-corrected chi connectivity index (χ4v) is 7.45. The molecule has 4 aliphatic rings. The Balaban J connectivity index is 1.87. The number of hydrogen-bond acceptors (Lipinski definition) is 12. The van der Waals surface area contributed by atoms with Crippen molar-refractivity contribution in [3.05, 3.63) is 152 Å². The molecule has 0 aromatic heterocycles. The lowest BCUT2D eigenvalue weighted by Gasteiger charge is -2.17. The molecule has 0 aliphatic heterocycles. The van der Waals surface area contributed by atoms with Gasteiger partial charge in [0.2, 0.25) is 0 Å². The predicted molar refractivity (Wildman–Crippen MR) is 236 cm³/mol. The highest BCUT2D eigenvalue weighted by Gasteiger charge is 2.31. The Labute approximate surface area is 370 Å². The van der Waals surface area contributed by atoms with Gasteiger partial charge in [-0.1, -0.05) is 100 Å². The third-order valence-electron chi connectivity index (χ3n) is 10.6. The normalized spacial score (nSPS) is 10.0. The summed E-state index contributed by atoms with van der Waals surface area (Å²) in [5.41, 5.74) is 1.64. The first kappa shape index (κ1) is 45.5. The van der Waals surface area contributed by atoms with Crippen LogP contribution >= 0.6 is 0 Å². The van der Waals surface area contributed by atoms with E-state index in [1.54, 1.807) is 36.4 Å². The number of allylic oxidation sites excluding steroid dienone is 8. The van der Waals surface area contributed by atoms with Crippen LogP contribution in [0.2, 0.25) is 0 Å². The predicted octanol–water partition coefficient (Wildman–Crippen LogP) is 10.3. The van der Waals surface area contributed by atoms with Crippen molar-refractivity contribution in [3.63, 3.8) is 0 Å². The van der Waals surface area contributed by atoms with Gasteiger partial charge in [0.1, 0.15) is 70.8 Å². The fraction of sp³-hybridized carbons (Fsp3) is 0.154. The van der Waals surface area contributed by atoms with Crippen molar-refractivity contribution in [1.82, 2.24) is 0 Å². The molecule has 1 aromatic rings. The molecule has 4 aliphatic carbocycles. The maximum atomic E-state index is 13.3. The zero-order valence-electron chi connectivity index (χ0n) is 35.4. The molecule has 306 valence electrons. The number of carbonyl (C=O) groups excluding carboxylic acids is 2. The maximum Gasteiger partial charge on any atom is 0.338 e. The van der Waals surface area contributed by atoms with Crippen LogP contribution in [-0.2, 0) is 9.47 Å². The van der Waals surface area contributed by atoms with E-state index in [1.807, 2.05) is 88.4 Å². The standard InChI is InChI=1S/C52H34N8O4/c1-29(2)33-9-7-11-39-41(17-33)45(51(61)63-5)19-43(39)49(37(25-57)26-58)47(35(21-53)22-54)31-13-15-32(16-14-31)48(36(23-55)24-56)50(38(27-59)28-60)44-20-46(52(62)64-6)42-18-34(30(3)4)10-8-12-40(42)44/h7-20,29-30H,1-6H3. The summed E-state index contributed by atoms with van der Waals surface area (Å²) in [5.74, 6) is -1.36. The molecule has 0 radical (unpaired) electrons. The molecule has 12 heteroatoms. The Morgan fingerprint density at radius 3 is 0.969 bits per heavy atom. The van der Waals surface area contributed by atoms with E-state index < -0.39 is 34.2 Å². The number of ether oxygens (including phenoxy) is 2. The van der Waals surface area contributed by atoms with Crippen molar-refractivity contribution in [2.45, 2.75) is 39.5 Å². The summed E-state index contributed by atoms with van der Waals surface area (Å²) in [6.07, 6.45) is 0. The Bertz CT molecular complexity index is 2920. The molecule has 0 saturated carbocycles. The first-order valence-electron chi connectivity index (χ1n) is 19.4. The minimum Gasteiger partial charge on any atom is -0.465 e. The van der Waals surface area contributed by atoms with Crippen LogP contribution < -0.4 is 0 Å². The summed E-state index contributed by atoms with van der Waals surface area (Å²) in [6, 6.07) is 37.8. The van der Waals surface area contributed by atoms with Gasteiger partial charge < -0.3 is 9.47 Å². The summed E-state index contributed by atoms with van der Waals surface area (Å²) in [7, 11) is 2.42. The first-order valence-corrected chi connectivity index (χ1v) is 19.4. The van der Waals surface area contributed by atoms with E-state index >= 15 is 0 Å². The van der Waals surface area contributed by atoms with Crippen LogP contribution in [0.25, 0.3) is 44.5 Å². The van der Waals surface area contributed by atoms with Crippen LogP contribution in [0.4, 0.5) is 0 Å². The zero-order valence-corrected chi connectivity index (χ0v) is 35.4. The quantitative estimate of drug-likeness (QED) is 0.0724. The molecular weight excluding hydrogens is 801 g/mol. The Morgan fingerprint density at radius 2 is 0.703 bits per heavy atom. The first-order chi connectivity index (χ1) is 30.8. The maximum absolute atomic E-state index is 13.3. The van der Waals surface area contributed by atoms with Crippen molar-refractivity contribution in [2.75, 3.05) is 14.2 Å². The number of rotatable bonds is 10. The number of benzene rings is 1. The second kappa shape index (κ2) is 19.7. The summed E-state index contributed by atoms with van der Waals surface area (Å²) in [5, 5.41) is 83.2. The molecule has 0 fully saturated rings. The number of fused-ring (bicyclic) bond motifs is 2. The monoisotopic (exact) mass is 834 g/mol. The third-order valence-corrected chi connectivity index (χ3v) is 10.6. The molecule has 0 spiro atoms. The number of carbonyl (C=O) groups is 2. The molecule has 1 aromatic carbocycles. The van der Waals surface area contributed by atoms with E-state index in [1.165, 1.54) is 50.6 Å². The van der Waals surface area contributed by atoms with Crippen molar-refractivity contribution in [1.29, 1.82) is 42.1 Å². The topological polar surface area (TPSA) is 243 Å². The number of hydrogen-bond donors (Lipinski definition) is 0. The molecule has 0 atom stereocenters. The van der Waals surface area contributed by atoms with Crippen LogP contribution in [0.15, 0.2) is 107 Å². The molecule has 0 N–H and O–H groups in total. The van der Waals surface area contributed by atoms with Crippen molar-refractivity contribution in [3.8, 4) is 70.8 Å². The molecule has 0 heterocycles. The van der Waals surface area contributed by atoms with Crippen molar-refractivity contribution in [2.24, 2.45) is 0 Å². The SMILES string of the molecule is COC(=O)c1cc(C(=C(C#N)C#N)C(=C(C#N)C#N)c2ccc(C(=C(C#N)C#N)C(=C(C#N)C#N)c3cc(C(=O)OC)c4cc(C(C)C)cccc3-4)cc2)c2cccc(C(C)C)cc1-2. The molecule has 0 bridgehead atoms. The minimum atomic E-state index is -0.712. The lowest BCUT2D eigenvalue weighted by Crippen LogP contribution is -2.01. The van der Waals surface area contributed by atoms with Crippen molar-refractivity contribution >= 4 is 34.2 Å². The third kappa shape index (κ3) is 8.41.